The summed E-state index contributed by atoms with van der Waals surface area (Å²) in [5.74, 6) is 0. The van der Waals surface area contributed by atoms with Gasteiger partial charge < -0.3 is 14.9 Å². The predicted octanol–water partition coefficient (Wildman–Crippen LogP) is 2.50. The Balaban J connectivity index is 3.64. The van der Waals surface area contributed by atoms with Crippen LogP contribution in [0.4, 0.5) is 0 Å². The fourth-order valence-electron chi connectivity index (χ4n) is 1.56. The standard InChI is InChI=1S/C13H28O3/c1-5-13(4,15)9-7-11-16-12(2,3)8-6-10-14/h14-15H,5-11H2,1-4H3. The Labute approximate surface area is 99.8 Å². The van der Waals surface area contributed by atoms with Crippen molar-refractivity contribution in [1.29, 1.82) is 0 Å². The van der Waals surface area contributed by atoms with Gasteiger partial charge in [-0.2, -0.15) is 0 Å². The van der Waals surface area contributed by atoms with E-state index in [1.54, 1.807) is 0 Å². The molecule has 0 aliphatic carbocycles. The number of aliphatic hydroxyl groups excluding tert-OH is 1. The highest BCUT2D eigenvalue weighted by Gasteiger charge is 2.20. The van der Waals surface area contributed by atoms with Gasteiger partial charge in [-0.05, 0) is 52.9 Å². The summed E-state index contributed by atoms with van der Waals surface area (Å²) in [7, 11) is 0. The zero-order chi connectivity index (χ0) is 12.7. The Morgan fingerprint density at radius 1 is 1.06 bits per heavy atom. The molecule has 0 bridgehead atoms. The van der Waals surface area contributed by atoms with Gasteiger partial charge in [0.15, 0.2) is 0 Å². The normalized spacial score (nSPS) is 16.1. The molecule has 16 heavy (non-hydrogen) atoms. The second-order valence-electron chi connectivity index (χ2n) is 5.39. The van der Waals surface area contributed by atoms with Gasteiger partial charge in [0.2, 0.25) is 0 Å². The SMILES string of the molecule is CCC(C)(O)CCCOC(C)(C)CCCO. The molecule has 0 aromatic carbocycles. The Bertz CT molecular complexity index is 176. The molecule has 0 rings (SSSR count). The first-order chi connectivity index (χ1) is 7.33. The number of hydrogen-bond acceptors (Lipinski definition) is 3. The fraction of sp³-hybridized carbons (Fsp3) is 1.00. The Morgan fingerprint density at radius 3 is 2.19 bits per heavy atom. The Morgan fingerprint density at radius 2 is 1.69 bits per heavy atom. The van der Waals surface area contributed by atoms with Crippen LogP contribution in [-0.4, -0.2) is 34.6 Å². The Hall–Kier alpha value is -0.120. The summed E-state index contributed by atoms with van der Waals surface area (Å²) < 4.78 is 5.75. The van der Waals surface area contributed by atoms with Crippen LogP contribution in [0.5, 0.6) is 0 Å². The monoisotopic (exact) mass is 232 g/mol. The highest BCUT2D eigenvalue weighted by molar-refractivity contribution is 4.71. The molecule has 0 heterocycles. The van der Waals surface area contributed by atoms with E-state index >= 15 is 0 Å². The predicted molar refractivity (Wildman–Crippen MR) is 66.5 cm³/mol. The molecule has 2 N–H and O–H groups in total. The number of aliphatic hydroxyl groups is 2. The van der Waals surface area contributed by atoms with Gasteiger partial charge >= 0.3 is 0 Å². The molecule has 0 spiro atoms. The summed E-state index contributed by atoms with van der Waals surface area (Å²) in [6, 6.07) is 0. The van der Waals surface area contributed by atoms with Crippen LogP contribution >= 0.6 is 0 Å². The third kappa shape index (κ3) is 8.08. The largest absolute Gasteiger partial charge is 0.396 e. The maximum Gasteiger partial charge on any atom is 0.0627 e. The molecular weight excluding hydrogens is 204 g/mol. The molecule has 0 aromatic heterocycles. The summed E-state index contributed by atoms with van der Waals surface area (Å²) in [6.07, 6.45) is 4.08. The van der Waals surface area contributed by atoms with Gasteiger partial charge in [0.25, 0.3) is 0 Å². The lowest BCUT2D eigenvalue weighted by Crippen LogP contribution is -2.27. The maximum atomic E-state index is 9.81. The van der Waals surface area contributed by atoms with Crippen molar-refractivity contribution >= 4 is 0 Å². The average molecular weight is 232 g/mol. The molecule has 1 atom stereocenters. The van der Waals surface area contributed by atoms with Crippen LogP contribution in [0.25, 0.3) is 0 Å². The van der Waals surface area contributed by atoms with E-state index in [0.717, 1.165) is 32.1 Å². The van der Waals surface area contributed by atoms with Crippen LogP contribution in [0.1, 0.15) is 59.8 Å². The molecule has 0 radical (unpaired) electrons. The van der Waals surface area contributed by atoms with Crippen LogP contribution < -0.4 is 0 Å². The van der Waals surface area contributed by atoms with E-state index in [2.05, 4.69) is 0 Å². The first kappa shape index (κ1) is 15.9. The van der Waals surface area contributed by atoms with Gasteiger partial charge in [0.05, 0.1) is 11.2 Å². The minimum atomic E-state index is -0.557. The first-order valence-corrected chi connectivity index (χ1v) is 6.30. The number of rotatable bonds is 9. The van der Waals surface area contributed by atoms with E-state index in [9.17, 15) is 5.11 Å². The Kier molecular flexibility index (Phi) is 7.20. The maximum absolute atomic E-state index is 9.81. The van der Waals surface area contributed by atoms with Crippen LogP contribution in [0.3, 0.4) is 0 Å². The lowest BCUT2D eigenvalue weighted by atomic mass is 9.97. The molecule has 0 saturated carbocycles. The minimum absolute atomic E-state index is 0.166. The van der Waals surface area contributed by atoms with Crippen molar-refractivity contribution < 1.29 is 14.9 Å². The van der Waals surface area contributed by atoms with E-state index in [4.69, 9.17) is 9.84 Å². The van der Waals surface area contributed by atoms with Gasteiger partial charge in [0, 0.05) is 13.2 Å². The van der Waals surface area contributed by atoms with Crippen molar-refractivity contribution in [3.05, 3.63) is 0 Å². The molecule has 0 fully saturated rings. The zero-order valence-electron chi connectivity index (χ0n) is 11.3. The van der Waals surface area contributed by atoms with Gasteiger partial charge in [-0.15, -0.1) is 0 Å². The summed E-state index contributed by atoms with van der Waals surface area (Å²) in [4.78, 5) is 0. The molecule has 3 heteroatoms. The van der Waals surface area contributed by atoms with Gasteiger partial charge in [-0.3, -0.25) is 0 Å². The van der Waals surface area contributed by atoms with Crippen molar-refractivity contribution in [3.63, 3.8) is 0 Å². The minimum Gasteiger partial charge on any atom is -0.396 e. The molecule has 0 aliphatic heterocycles. The lowest BCUT2D eigenvalue weighted by Gasteiger charge is -2.26. The van der Waals surface area contributed by atoms with Crippen LogP contribution in [0, 0.1) is 0 Å². The second-order valence-corrected chi connectivity index (χ2v) is 5.39. The van der Waals surface area contributed by atoms with Gasteiger partial charge in [-0.1, -0.05) is 6.92 Å². The van der Waals surface area contributed by atoms with E-state index in [0.29, 0.717) is 6.61 Å². The van der Waals surface area contributed by atoms with E-state index in [1.807, 2.05) is 27.7 Å². The molecular formula is C13H28O3. The van der Waals surface area contributed by atoms with Crippen molar-refractivity contribution in [2.45, 2.75) is 71.0 Å². The van der Waals surface area contributed by atoms with Gasteiger partial charge in [0.1, 0.15) is 0 Å². The lowest BCUT2D eigenvalue weighted by molar-refractivity contribution is -0.0381. The smallest absolute Gasteiger partial charge is 0.0627 e. The van der Waals surface area contributed by atoms with Crippen molar-refractivity contribution in [2.24, 2.45) is 0 Å². The highest BCUT2D eigenvalue weighted by Crippen LogP contribution is 2.19. The van der Waals surface area contributed by atoms with Crippen LogP contribution in [0.2, 0.25) is 0 Å². The second kappa shape index (κ2) is 7.25. The number of hydrogen-bond donors (Lipinski definition) is 2. The third-order valence-electron chi connectivity index (χ3n) is 3.05. The molecule has 3 nitrogen and oxygen atoms in total. The van der Waals surface area contributed by atoms with Crippen LogP contribution in [0.15, 0.2) is 0 Å². The molecule has 98 valence electrons. The van der Waals surface area contributed by atoms with Crippen molar-refractivity contribution in [3.8, 4) is 0 Å². The summed E-state index contributed by atoms with van der Waals surface area (Å²) in [6.45, 7) is 8.84. The number of ether oxygens (including phenoxy) is 1. The summed E-state index contributed by atoms with van der Waals surface area (Å²) in [5.41, 5.74) is -0.723. The third-order valence-corrected chi connectivity index (χ3v) is 3.05. The zero-order valence-corrected chi connectivity index (χ0v) is 11.3. The average Bonchev–Trinajstić information content (AvgIpc) is 2.22. The molecule has 0 amide bonds. The van der Waals surface area contributed by atoms with Crippen molar-refractivity contribution in [2.75, 3.05) is 13.2 Å². The molecule has 1 unspecified atom stereocenters. The van der Waals surface area contributed by atoms with E-state index in [1.165, 1.54) is 0 Å². The molecule has 0 aromatic rings. The topological polar surface area (TPSA) is 49.7 Å². The fourth-order valence-corrected chi connectivity index (χ4v) is 1.56. The van der Waals surface area contributed by atoms with Gasteiger partial charge in [-0.25, -0.2) is 0 Å². The quantitative estimate of drug-likeness (QED) is 0.600. The molecule has 0 saturated heterocycles. The highest BCUT2D eigenvalue weighted by atomic mass is 16.5. The van der Waals surface area contributed by atoms with Crippen LogP contribution in [-0.2, 0) is 4.74 Å². The van der Waals surface area contributed by atoms with E-state index < -0.39 is 5.60 Å². The van der Waals surface area contributed by atoms with E-state index in [-0.39, 0.29) is 12.2 Å². The summed E-state index contributed by atoms with van der Waals surface area (Å²) in [5, 5.41) is 18.6. The first-order valence-electron chi connectivity index (χ1n) is 6.30. The van der Waals surface area contributed by atoms with Crippen molar-refractivity contribution in [1.82, 2.24) is 0 Å². The molecule has 0 aliphatic rings. The summed E-state index contributed by atoms with van der Waals surface area (Å²) >= 11 is 0.